The number of hydrogen-bond acceptors (Lipinski definition) is 2. The first-order chi connectivity index (χ1) is 6.66. The second kappa shape index (κ2) is 4.64. The summed E-state index contributed by atoms with van der Waals surface area (Å²) < 4.78 is 0. The molecule has 0 spiro atoms. The molecule has 0 saturated carbocycles. The molecule has 0 aromatic heterocycles. The molecule has 0 aliphatic rings. The van der Waals surface area contributed by atoms with Crippen LogP contribution in [0, 0.1) is 18.3 Å². The van der Waals surface area contributed by atoms with Crippen molar-refractivity contribution >= 4 is 17.5 Å². The van der Waals surface area contributed by atoms with E-state index in [4.69, 9.17) is 16.9 Å². The highest BCUT2D eigenvalue weighted by Crippen LogP contribution is 2.19. The number of halogens is 1. The van der Waals surface area contributed by atoms with Gasteiger partial charge in [0, 0.05) is 0 Å². The molecule has 0 radical (unpaired) electrons. The highest BCUT2D eigenvalue weighted by atomic mass is 35.5. The van der Waals surface area contributed by atoms with Crippen molar-refractivity contribution in [3.8, 4) is 6.07 Å². The maximum absolute atomic E-state index is 11.4. The molecular formula is C10H9ClN2O. The van der Waals surface area contributed by atoms with Gasteiger partial charge in [0.2, 0.25) is 0 Å². The van der Waals surface area contributed by atoms with Crippen LogP contribution in [0.25, 0.3) is 0 Å². The van der Waals surface area contributed by atoms with Gasteiger partial charge >= 0.3 is 0 Å². The van der Waals surface area contributed by atoms with Crippen molar-refractivity contribution in [2.45, 2.75) is 6.92 Å². The fourth-order valence-corrected chi connectivity index (χ4v) is 1.25. The molecule has 14 heavy (non-hydrogen) atoms. The van der Waals surface area contributed by atoms with Crippen LogP contribution < -0.4 is 5.32 Å². The second-order valence-corrected chi connectivity index (χ2v) is 3.16. The van der Waals surface area contributed by atoms with E-state index < -0.39 is 0 Å². The molecule has 0 aliphatic carbocycles. The monoisotopic (exact) mass is 208 g/mol. The van der Waals surface area contributed by atoms with E-state index in [2.05, 4.69) is 5.32 Å². The molecule has 0 bridgehead atoms. The summed E-state index contributed by atoms with van der Waals surface area (Å²) >= 11 is 5.92. The zero-order valence-electron chi connectivity index (χ0n) is 7.67. The lowest BCUT2D eigenvalue weighted by Gasteiger charge is -2.05. The predicted molar refractivity (Wildman–Crippen MR) is 54.1 cm³/mol. The van der Waals surface area contributed by atoms with Gasteiger partial charge in [-0.1, -0.05) is 23.7 Å². The van der Waals surface area contributed by atoms with Gasteiger partial charge in [0.15, 0.2) is 0 Å². The zero-order valence-corrected chi connectivity index (χ0v) is 8.43. The molecule has 1 aromatic rings. The van der Waals surface area contributed by atoms with Gasteiger partial charge in [-0.3, -0.25) is 4.79 Å². The largest absolute Gasteiger partial charge is 0.339 e. The number of nitrogens with one attached hydrogen (secondary N) is 1. The van der Waals surface area contributed by atoms with Crippen LogP contribution in [0.5, 0.6) is 0 Å². The van der Waals surface area contributed by atoms with E-state index in [0.717, 1.165) is 5.56 Å². The molecule has 1 amide bonds. The van der Waals surface area contributed by atoms with Crippen LogP contribution >= 0.6 is 11.6 Å². The zero-order chi connectivity index (χ0) is 10.6. The molecule has 4 heteroatoms. The molecule has 1 aromatic carbocycles. The van der Waals surface area contributed by atoms with Gasteiger partial charge in [0.25, 0.3) is 5.91 Å². The second-order valence-electron chi connectivity index (χ2n) is 2.78. The number of aryl methyl sites for hydroxylation is 1. The Kier molecular flexibility index (Phi) is 3.49. The Labute approximate surface area is 87.3 Å². The minimum atomic E-state index is -0.319. The first kappa shape index (κ1) is 10.6. The molecule has 0 heterocycles. The van der Waals surface area contributed by atoms with E-state index in [0.29, 0.717) is 10.6 Å². The highest BCUT2D eigenvalue weighted by molar-refractivity contribution is 6.34. The number of benzene rings is 1. The lowest BCUT2D eigenvalue weighted by atomic mass is 10.1. The van der Waals surface area contributed by atoms with E-state index in [1.54, 1.807) is 12.1 Å². The number of amides is 1. The van der Waals surface area contributed by atoms with E-state index in [9.17, 15) is 4.79 Å². The quantitative estimate of drug-likeness (QED) is 0.755. The molecule has 0 unspecified atom stereocenters. The van der Waals surface area contributed by atoms with Crippen LogP contribution in [0.2, 0.25) is 5.02 Å². The van der Waals surface area contributed by atoms with Crippen molar-refractivity contribution in [1.82, 2.24) is 5.32 Å². The van der Waals surface area contributed by atoms with Crippen LogP contribution in [0.1, 0.15) is 15.9 Å². The lowest BCUT2D eigenvalue weighted by Crippen LogP contribution is -2.23. The Hall–Kier alpha value is -1.53. The maximum Gasteiger partial charge on any atom is 0.253 e. The van der Waals surface area contributed by atoms with Crippen molar-refractivity contribution in [1.29, 1.82) is 5.26 Å². The summed E-state index contributed by atoms with van der Waals surface area (Å²) in [5, 5.41) is 11.2. The minimum Gasteiger partial charge on any atom is -0.339 e. The van der Waals surface area contributed by atoms with Crippen molar-refractivity contribution in [2.24, 2.45) is 0 Å². The summed E-state index contributed by atoms with van der Waals surface area (Å²) in [6, 6.07) is 7.03. The minimum absolute atomic E-state index is 0.0108. The van der Waals surface area contributed by atoms with Crippen LogP contribution in [0.3, 0.4) is 0 Å². The number of nitrogens with zero attached hydrogens (tertiary/aromatic N) is 1. The molecule has 0 atom stereocenters. The molecule has 72 valence electrons. The van der Waals surface area contributed by atoms with Gasteiger partial charge in [-0.25, -0.2) is 0 Å². The third-order valence-electron chi connectivity index (χ3n) is 1.76. The highest BCUT2D eigenvalue weighted by Gasteiger charge is 2.10. The molecule has 0 saturated heterocycles. The van der Waals surface area contributed by atoms with Gasteiger partial charge < -0.3 is 5.32 Å². The SMILES string of the molecule is Cc1cccc(C(=O)NCC#N)c1Cl. The van der Waals surface area contributed by atoms with Gasteiger partial charge in [0.1, 0.15) is 6.54 Å². The fourth-order valence-electron chi connectivity index (χ4n) is 1.04. The summed E-state index contributed by atoms with van der Waals surface area (Å²) in [5.74, 6) is -0.319. The van der Waals surface area contributed by atoms with Crippen molar-refractivity contribution < 1.29 is 4.79 Å². The summed E-state index contributed by atoms with van der Waals surface area (Å²) in [5.41, 5.74) is 1.25. The molecule has 0 aliphatic heterocycles. The first-order valence-corrected chi connectivity index (χ1v) is 4.45. The molecule has 1 N–H and O–H groups in total. The molecule has 0 fully saturated rings. The van der Waals surface area contributed by atoms with E-state index >= 15 is 0 Å². The third-order valence-corrected chi connectivity index (χ3v) is 2.27. The Morgan fingerprint density at radius 1 is 1.64 bits per heavy atom. The number of carbonyl (C=O) groups excluding carboxylic acids is 1. The van der Waals surface area contributed by atoms with Crippen molar-refractivity contribution in [3.05, 3.63) is 34.3 Å². The molecule has 1 rings (SSSR count). The number of nitriles is 1. The number of carbonyl (C=O) groups is 1. The summed E-state index contributed by atoms with van der Waals surface area (Å²) in [7, 11) is 0. The topological polar surface area (TPSA) is 52.9 Å². The van der Waals surface area contributed by atoms with Crippen molar-refractivity contribution in [2.75, 3.05) is 6.54 Å². The third kappa shape index (κ3) is 2.24. The van der Waals surface area contributed by atoms with E-state index in [1.807, 2.05) is 19.1 Å². The average Bonchev–Trinajstić information content (AvgIpc) is 2.18. The standard InChI is InChI=1S/C10H9ClN2O/c1-7-3-2-4-8(9(7)11)10(14)13-6-5-12/h2-4H,6H2,1H3,(H,13,14). The summed E-state index contributed by atoms with van der Waals surface area (Å²) in [6.07, 6.45) is 0. The predicted octanol–water partition coefficient (Wildman–Crippen LogP) is 1.90. The van der Waals surface area contributed by atoms with Gasteiger partial charge in [0.05, 0.1) is 16.7 Å². The van der Waals surface area contributed by atoms with Crippen molar-refractivity contribution in [3.63, 3.8) is 0 Å². The van der Waals surface area contributed by atoms with Crippen LogP contribution in [-0.4, -0.2) is 12.5 Å². The smallest absolute Gasteiger partial charge is 0.253 e. The summed E-state index contributed by atoms with van der Waals surface area (Å²) in [4.78, 5) is 11.4. The fraction of sp³-hybridized carbons (Fsp3) is 0.200. The van der Waals surface area contributed by atoms with E-state index in [1.165, 1.54) is 0 Å². The average molecular weight is 209 g/mol. The first-order valence-electron chi connectivity index (χ1n) is 4.07. The van der Waals surface area contributed by atoms with Crippen LogP contribution in [0.15, 0.2) is 18.2 Å². The maximum atomic E-state index is 11.4. The van der Waals surface area contributed by atoms with Crippen LogP contribution in [-0.2, 0) is 0 Å². The normalized spacial score (nSPS) is 9.21. The Morgan fingerprint density at radius 3 is 3.00 bits per heavy atom. The van der Waals surface area contributed by atoms with E-state index in [-0.39, 0.29) is 12.5 Å². The Bertz CT molecular complexity index is 396. The Balaban J connectivity index is 2.91. The molecular weight excluding hydrogens is 200 g/mol. The van der Waals surface area contributed by atoms with Gasteiger partial charge in [-0.2, -0.15) is 5.26 Å². The number of hydrogen-bond donors (Lipinski definition) is 1. The molecule has 3 nitrogen and oxygen atoms in total. The Morgan fingerprint density at radius 2 is 2.36 bits per heavy atom. The lowest BCUT2D eigenvalue weighted by molar-refractivity contribution is 0.0958. The van der Waals surface area contributed by atoms with Gasteiger partial charge in [-0.15, -0.1) is 0 Å². The van der Waals surface area contributed by atoms with Gasteiger partial charge in [-0.05, 0) is 18.6 Å². The number of rotatable bonds is 2. The summed E-state index contributed by atoms with van der Waals surface area (Å²) in [6.45, 7) is 1.81. The van der Waals surface area contributed by atoms with Crippen LogP contribution in [0.4, 0.5) is 0 Å².